The van der Waals surface area contributed by atoms with Gasteiger partial charge < -0.3 is 20.1 Å². The molecule has 1 amide bonds. The highest BCUT2D eigenvalue weighted by molar-refractivity contribution is 5.99. The van der Waals surface area contributed by atoms with Gasteiger partial charge in [-0.05, 0) is 67.0 Å². The molecule has 240 valence electrons. The molecule has 4 aromatic rings. The number of carbonyl (C=O) groups excluding carboxylic acids is 2. The molecule has 2 aliphatic carbocycles. The van der Waals surface area contributed by atoms with E-state index >= 15 is 0 Å². The molecule has 1 saturated heterocycles. The Morgan fingerprint density at radius 2 is 1.77 bits per heavy atom. The zero-order valence-electron chi connectivity index (χ0n) is 25.9. The average Bonchev–Trinajstić information content (AvgIpc) is 3.43. The van der Waals surface area contributed by atoms with Gasteiger partial charge in [-0.2, -0.15) is 0 Å². The van der Waals surface area contributed by atoms with E-state index < -0.39 is 28.4 Å². The Balaban J connectivity index is 1.02. The number of hydrogen-bond acceptors (Lipinski definition) is 7. The SMILES string of the molecule is O=C(NCCc1ccc(-c2c[nH]c(=O)[nH]c2=O)cc1)c1ccc2c3c1O[C@H]1C(=O)CC[C@@]4(O)[C@@H](C2)N(CCc2ccccc2)CC[C@]314. The second-order valence-electron chi connectivity index (χ2n) is 13.3. The van der Waals surface area contributed by atoms with Crippen molar-refractivity contribution in [1.29, 1.82) is 0 Å². The van der Waals surface area contributed by atoms with Crippen molar-refractivity contribution >= 4 is 11.7 Å². The number of Topliss-reactive ketones (excluding diaryl/α,β-unsaturated/α-hetero) is 1. The minimum atomic E-state index is -1.13. The Labute approximate surface area is 270 Å². The monoisotopic (exact) mass is 632 g/mol. The molecule has 0 unspecified atom stereocenters. The predicted octanol–water partition coefficient (Wildman–Crippen LogP) is 2.67. The van der Waals surface area contributed by atoms with Crippen LogP contribution in [0, 0.1) is 0 Å². The van der Waals surface area contributed by atoms with Crippen LogP contribution in [-0.2, 0) is 29.5 Å². The number of aromatic nitrogens is 2. The lowest BCUT2D eigenvalue weighted by atomic mass is 9.49. The summed E-state index contributed by atoms with van der Waals surface area (Å²) >= 11 is 0. The Kier molecular flexibility index (Phi) is 7.03. The molecule has 10 heteroatoms. The number of piperidine rings is 1. The standard InChI is InChI=1S/C37H36N4O6/c42-28-12-15-37(46)29-20-25-10-11-26(33(43)38-17-13-23-6-8-24(9-7-23)27-21-39-35(45)40-34(27)44)31-30(25)36(37,32(28)47-31)16-19-41(29)18-14-22-4-2-1-3-5-22/h1-11,21,29,32,46H,12-20H2,(H,38,43)(H2,39,40,44,45)/t29-,32+,36+,37-/m1/s1. The minimum absolute atomic E-state index is 0.00568. The van der Waals surface area contributed by atoms with Crippen molar-refractivity contribution in [3.05, 3.63) is 122 Å². The molecule has 4 atom stereocenters. The van der Waals surface area contributed by atoms with Crippen molar-refractivity contribution in [2.75, 3.05) is 19.6 Å². The van der Waals surface area contributed by atoms with E-state index in [4.69, 9.17) is 4.74 Å². The largest absolute Gasteiger partial charge is 0.480 e. The molecule has 2 aliphatic heterocycles. The Morgan fingerprint density at radius 3 is 2.55 bits per heavy atom. The number of hydrogen-bond donors (Lipinski definition) is 4. The molecule has 4 aliphatic rings. The lowest BCUT2D eigenvalue weighted by Gasteiger charge is -2.62. The number of likely N-dealkylation sites (tertiary alicyclic amines) is 1. The zero-order valence-corrected chi connectivity index (χ0v) is 25.9. The molecule has 1 aromatic heterocycles. The summed E-state index contributed by atoms with van der Waals surface area (Å²) in [5.41, 5.74) is 2.56. The number of ketones is 1. The summed E-state index contributed by atoms with van der Waals surface area (Å²) in [6.45, 7) is 1.94. The van der Waals surface area contributed by atoms with Crippen LogP contribution in [0.4, 0.5) is 0 Å². The molecule has 8 rings (SSSR count). The molecule has 2 bridgehead atoms. The van der Waals surface area contributed by atoms with Gasteiger partial charge in [0.25, 0.3) is 11.5 Å². The highest BCUT2D eigenvalue weighted by atomic mass is 16.5. The van der Waals surface area contributed by atoms with E-state index in [9.17, 15) is 24.3 Å². The molecule has 10 nitrogen and oxygen atoms in total. The summed E-state index contributed by atoms with van der Waals surface area (Å²) in [5.74, 6) is 0.159. The number of nitrogens with zero attached hydrogens (tertiary/aromatic N) is 1. The molecule has 1 saturated carbocycles. The smallest absolute Gasteiger partial charge is 0.325 e. The van der Waals surface area contributed by atoms with Crippen LogP contribution < -0.4 is 21.3 Å². The van der Waals surface area contributed by atoms with E-state index in [0.717, 1.165) is 36.2 Å². The second kappa shape index (κ2) is 11.2. The first-order chi connectivity index (χ1) is 22.8. The maximum Gasteiger partial charge on any atom is 0.325 e. The molecule has 3 aromatic carbocycles. The van der Waals surface area contributed by atoms with Gasteiger partial charge in [-0.3, -0.25) is 24.3 Å². The highest BCUT2D eigenvalue weighted by Gasteiger charge is 2.73. The van der Waals surface area contributed by atoms with Gasteiger partial charge in [-0.25, -0.2) is 4.79 Å². The summed E-state index contributed by atoms with van der Waals surface area (Å²) < 4.78 is 6.47. The Bertz CT molecular complexity index is 2000. The number of rotatable bonds is 8. The average molecular weight is 633 g/mol. The van der Waals surface area contributed by atoms with Gasteiger partial charge in [0, 0.05) is 37.3 Å². The van der Waals surface area contributed by atoms with Crippen molar-refractivity contribution in [1.82, 2.24) is 20.2 Å². The van der Waals surface area contributed by atoms with Gasteiger partial charge >= 0.3 is 5.69 Å². The first-order valence-corrected chi connectivity index (χ1v) is 16.3. The number of ether oxygens (including phenoxy) is 1. The van der Waals surface area contributed by atoms with Crippen LogP contribution >= 0.6 is 0 Å². The van der Waals surface area contributed by atoms with Gasteiger partial charge in [0.2, 0.25) is 0 Å². The van der Waals surface area contributed by atoms with E-state index in [1.165, 1.54) is 11.8 Å². The molecular weight excluding hydrogens is 596 g/mol. The lowest BCUT2D eigenvalue weighted by molar-refractivity contribution is -0.188. The Morgan fingerprint density at radius 1 is 0.979 bits per heavy atom. The third-order valence-corrected chi connectivity index (χ3v) is 10.9. The lowest BCUT2D eigenvalue weighted by Crippen LogP contribution is -2.76. The predicted molar refractivity (Wildman–Crippen MR) is 175 cm³/mol. The number of amides is 1. The third kappa shape index (κ3) is 4.61. The minimum Gasteiger partial charge on any atom is -0.480 e. The normalized spacial score (nSPS) is 25.6. The number of benzene rings is 3. The van der Waals surface area contributed by atoms with Crippen LogP contribution in [0.3, 0.4) is 0 Å². The molecule has 47 heavy (non-hydrogen) atoms. The fourth-order valence-corrected chi connectivity index (χ4v) is 8.68. The Hall–Kier alpha value is -4.80. The molecule has 4 N–H and O–H groups in total. The zero-order chi connectivity index (χ0) is 32.3. The first kappa shape index (κ1) is 29.6. The topological polar surface area (TPSA) is 145 Å². The van der Waals surface area contributed by atoms with Gasteiger partial charge in [-0.15, -0.1) is 0 Å². The van der Waals surface area contributed by atoms with Crippen LogP contribution in [0.15, 0.2) is 82.5 Å². The van der Waals surface area contributed by atoms with Crippen LogP contribution in [0.1, 0.15) is 51.9 Å². The fourth-order valence-electron chi connectivity index (χ4n) is 8.68. The maximum absolute atomic E-state index is 13.6. The molecule has 2 fully saturated rings. The van der Waals surface area contributed by atoms with E-state index in [2.05, 4.69) is 32.3 Å². The summed E-state index contributed by atoms with van der Waals surface area (Å²) in [5, 5.41) is 15.6. The van der Waals surface area contributed by atoms with Gasteiger partial charge in [-0.1, -0.05) is 60.7 Å². The van der Waals surface area contributed by atoms with E-state index in [0.29, 0.717) is 54.7 Å². The van der Waals surface area contributed by atoms with Crippen molar-refractivity contribution in [2.45, 2.75) is 61.7 Å². The number of nitrogens with one attached hydrogen (secondary N) is 3. The first-order valence-electron chi connectivity index (χ1n) is 16.3. The van der Waals surface area contributed by atoms with Crippen LogP contribution in [-0.4, -0.2) is 69.0 Å². The molecule has 3 heterocycles. The summed E-state index contributed by atoms with van der Waals surface area (Å²) in [7, 11) is 0. The number of carbonyl (C=O) groups is 2. The van der Waals surface area contributed by atoms with E-state index in [1.807, 2.05) is 36.4 Å². The third-order valence-electron chi connectivity index (χ3n) is 10.9. The van der Waals surface area contributed by atoms with Crippen molar-refractivity contribution in [3.63, 3.8) is 0 Å². The summed E-state index contributed by atoms with van der Waals surface area (Å²) in [4.78, 5) is 57.6. The number of aromatic amines is 2. The van der Waals surface area contributed by atoms with Crippen LogP contribution in [0.5, 0.6) is 5.75 Å². The highest BCUT2D eigenvalue weighted by Crippen LogP contribution is 2.63. The summed E-state index contributed by atoms with van der Waals surface area (Å²) in [6.07, 6.45) is 3.92. The van der Waals surface area contributed by atoms with Crippen molar-refractivity contribution in [2.24, 2.45) is 0 Å². The molecule has 1 spiro atoms. The van der Waals surface area contributed by atoms with Crippen LogP contribution in [0.2, 0.25) is 0 Å². The number of H-pyrrole nitrogens is 2. The van der Waals surface area contributed by atoms with Crippen LogP contribution in [0.25, 0.3) is 11.1 Å². The quantitative estimate of drug-likeness (QED) is 0.234. The maximum atomic E-state index is 13.6. The molecule has 0 radical (unpaired) electrons. The second-order valence-corrected chi connectivity index (χ2v) is 13.3. The van der Waals surface area contributed by atoms with Gasteiger partial charge in [0.05, 0.1) is 22.1 Å². The molecular formula is C37H36N4O6. The fraction of sp³-hybridized carbons (Fsp3) is 0.351. The van der Waals surface area contributed by atoms with Crippen molar-refractivity contribution in [3.8, 4) is 16.9 Å². The van der Waals surface area contributed by atoms with E-state index in [1.54, 1.807) is 18.2 Å². The van der Waals surface area contributed by atoms with Gasteiger partial charge in [0.1, 0.15) is 5.75 Å². The number of aliphatic hydroxyl groups is 1. The van der Waals surface area contributed by atoms with E-state index in [-0.39, 0.29) is 24.2 Å². The van der Waals surface area contributed by atoms with Crippen molar-refractivity contribution < 1.29 is 19.4 Å². The van der Waals surface area contributed by atoms with Gasteiger partial charge in [0.15, 0.2) is 11.9 Å². The summed E-state index contributed by atoms with van der Waals surface area (Å²) in [6, 6.07) is 21.4.